The third-order valence-corrected chi connectivity index (χ3v) is 3.81. The van der Waals surface area contributed by atoms with Crippen molar-refractivity contribution in [2.45, 2.75) is 26.5 Å². The average Bonchev–Trinajstić information content (AvgIpc) is 2.83. The van der Waals surface area contributed by atoms with Gasteiger partial charge in [-0.15, -0.1) is 6.58 Å². The second kappa shape index (κ2) is 8.50. The van der Waals surface area contributed by atoms with Gasteiger partial charge in [0, 0.05) is 19.6 Å². The number of nitrogens with one attached hydrogen (secondary N) is 2. The van der Waals surface area contributed by atoms with E-state index in [4.69, 9.17) is 0 Å². The third kappa shape index (κ3) is 4.68. The number of rotatable bonds is 9. The summed E-state index contributed by atoms with van der Waals surface area (Å²) in [6.07, 6.45) is 1.37. The van der Waals surface area contributed by atoms with Crippen LogP contribution in [-0.4, -0.2) is 34.5 Å². The molecule has 1 atom stereocenters. The second-order valence-electron chi connectivity index (χ2n) is 5.57. The van der Waals surface area contributed by atoms with Crippen LogP contribution in [-0.2, 0) is 6.54 Å². The van der Waals surface area contributed by atoms with Crippen molar-refractivity contribution in [1.82, 2.24) is 15.1 Å². The Bertz CT molecular complexity index is 621. The molecule has 0 aliphatic carbocycles. The summed E-state index contributed by atoms with van der Waals surface area (Å²) in [5.74, 6) is 0. The summed E-state index contributed by atoms with van der Waals surface area (Å²) in [6.45, 7) is 10.6. The Hall–Kier alpha value is -2.11. The second-order valence-corrected chi connectivity index (χ2v) is 5.57. The molecule has 124 valence electrons. The number of benzene rings is 1. The number of hydrogen-bond donors (Lipinski definition) is 3. The standard InChI is InChI=1S/C18H26N4O/c1-4-12-22-15(3)18(14(2)21-22)20-11-10-19-13-17(23)16-8-6-5-7-9-16/h4-9,17,19-20,23H,1,10-13H2,2-3H3. The molecule has 3 N–H and O–H groups in total. The van der Waals surface area contributed by atoms with Gasteiger partial charge in [0.25, 0.3) is 0 Å². The summed E-state index contributed by atoms with van der Waals surface area (Å²) in [5.41, 5.74) is 4.13. The average molecular weight is 314 g/mol. The van der Waals surface area contributed by atoms with E-state index in [0.717, 1.165) is 42.3 Å². The van der Waals surface area contributed by atoms with Gasteiger partial charge in [0.05, 0.1) is 29.7 Å². The summed E-state index contributed by atoms with van der Waals surface area (Å²) < 4.78 is 1.94. The molecule has 1 aromatic carbocycles. The topological polar surface area (TPSA) is 62.1 Å². The van der Waals surface area contributed by atoms with Gasteiger partial charge in [-0.1, -0.05) is 36.4 Å². The van der Waals surface area contributed by atoms with Crippen LogP contribution in [0.15, 0.2) is 43.0 Å². The van der Waals surface area contributed by atoms with Crippen LogP contribution >= 0.6 is 0 Å². The summed E-state index contributed by atoms with van der Waals surface area (Å²) in [5, 5.41) is 21.3. The summed E-state index contributed by atoms with van der Waals surface area (Å²) in [6, 6.07) is 9.69. The van der Waals surface area contributed by atoms with Crippen molar-refractivity contribution in [3.8, 4) is 0 Å². The van der Waals surface area contributed by atoms with Crippen LogP contribution in [0, 0.1) is 13.8 Å². The molecule has 2 aromatic rings. The highest BCUT2D eigenvalue weighted by Crippen LogP contribution is 2.18. The van der Waals surface area contributed by atoms with Gasteiger partial charge in [-0.25, -0.2) is 0 Å². The van der Waals surface area contributed by atoms with Crippen molar-refractivity contribution in [2.24, 2.45) is 0 Å². The van der Waals surface area contributed by atoms with E-state index in [1.807, 2.05) is 48.0 Å². The van der Waals surface area contributed by atoms with Crippen LogP contribution in [0.5, 0.6) is 0 Å². The van der Waals surface area contributed by atoms with E-state index in [9.17, 15) is 5.11 Å². The van der Waals surface area contributed by atoms with Crippen molar-refractivity contribution in [3.63, 3.8) is 0 Å². The fraction of sp³-hybridized carbons (Fsp3) is 0.389. The van der Waals surface area contributed by atoms with Crippen molar-refractivity contribution >= 4 is 5.69 Å². The Morgan fingerprint density at radius 1 is 1.26 bits per heavy atom. The smallest absolute Gasteiger partial charge is 0.0914 e. The Labute approximate surface area is 138 Å². The first kappa shape index (κ1) is 17.2. The molecule has 0 saturated heterocycles. The van der Waals surface area contributed by atoms with E-state index >= 15 is 0 Å². The molecule has 0 amide bonds. The fourth-order valence-electron chi connectivity index (χ4n) is 2.56. The van der Waals surface area contributed by atoms with E-state index in [1.54, 1.807) is 0 Å². The fourth-order valence-corrected chi connectivity index (χ4v) is 2.56. The highest BCUT2D eigenvalue weighted by molar-refractivity contribution is 5.52. The number of allylic oxidation sites excluding steroid dienone is 1. The Balaban J connectivity index is 1.75. The zero-order chi connectivity index (χ0) is 16.7. The van der Waals surface area contributed by atoms with Gasteiger partial charge in [0.1, 0.15) is 0 Å². The van der Waals surface area contributed by atoms with Gasteiger partial charge in [-0.05, 0) is 19.4 Å². The predicted molar refractivity (Wildman–Crippen MR) is 94.7 cm³/mol. The van der Waals surface area contributed by atoms with Gasteiger partial charge in [0.15, 0.2) is 0 Å². The number of aromatic nitrogens is 2. The molecule has 0 saturated carbocycles. The van der Waals surface area contributed by atoms with E-state index in [1.165, 1.54) is 0 Å². The molecule has 23 heavy (non-hydrogen) atoms. The number of aliphatic hydroxyl groups excluding tert-OH is 1. The lowest BCUT2D eigenvalue weighted by atomic mass is 10.1. The van der Waals surface area contributed by atoms with Crippen LogP contribution in [0.25, 0.3) is 0 Å². The predicted octanol–water partition coefficient (Wildman–Crippen LogP) is 2.42. The lowest BCUT2D eigenvalue weighted by Gasteiger charge is -2.13. The zero-order valence-corrected chi connectivity index (χ0v) is 13.9. The molecule has 2 rings (SSSR count). The van der Waals surface area contributed by atoms with Gasteiger partial charge in [-0.3, -0.25) is 4.68 Å². The number of hydrogen-bond acceptors (Lipinski definition) is 4. The SMILES string of the molecule is C=CCn1nc(C)c(NCCNCC(O)c2ccccc2)c1C. The normalized spacial score (nSPS) is 12.1. The zero-order valence-electron chi connectivity index (χ0n) is 13.9. The van der Waals surface area contributed by atoms with E-state index in [2.05, 4.69) is 29.2 Å². The Morgan fingerprint density at radius 3 is 2.70 bits per heavy atom. The number of nitrogens with zero attached hydrogens (tertiary/aromatic N) is 2. The minimum atomic E-state index is -0.477. The quantitative estimate of drug-likeness (QED) is 0.491. The molecule has 1 heterocycles. The molecule has 1 unspecified atom stereocenters. The minimum Gasteiger partial charge on any atom is -0.387 e. The molecular weight excluding hydrogens is 288 g/mol. The van der Waals surface area contributed by atoms with Crippen molar-refractivity contribution < 1.29 is 5.11 Å². The monoisotopic (exact) mass is 314 g/mol. The first-order valence-electron chi connectivity index (χ1n) is 7.96. The summed E-state index contributed by atoms with van der Waals surface area (Å²) in [4.78, 5) is 0. The molecule has 0 spiro atoms. The van der Waals surface area contributed by atoms with Crippen molar-refractivity contribution in [3.05, 3.63) is 59.9 Å². The highest BCUT2D eigenvalue weighted by atomic mass is 16.3. The van der Waals surface area contributed by atoms with E-state index in [0.29, 0.717) is 6.54 Å². The van der Waals surface area contributed by atoms with Gasteiger partial charge >= 0.3 is 0 Å². The van der Waals surface area contributed by atoms with Gasteiger partial charge in [-0.2, -0.15) is 5.10 Å². The molecule has 1 aromatic heterocycles. The lowest BCUT2D eigenvalue weighted by Crippen LogP contribution is -2.27. The number of aryl methyl sites for hydroxylation is 1. The van der Waals surface area contributed by atoms with Crippen LogP contribution in [0.4, 0.5) is 5.69 Å². The van der Waals surface area contributed by atoms with Crippen molar-refractivity contribution in [1.29, 1.82) is 0 Å². The molecule has 0 radical (unpaired) electrons. The van der Waals surface area contributed by atoms with Gasteiger partial charge in [0.2, 0.25) is 0 Å². The van der Waals surface area contributed by atoms with Crippen LogP contribution in [0.2, 0.25) is 0 Å². The largest absolute Gasteiger partial charge is 0.387 e. The van der Waals surface area contributed by atoms with Crippen LogP contribution < -0.4 is 10.6 Å². The Kier molecular flexibility index (Phi) is 6.38. The van der Waals surface area contributed by atoms with Gasteiger partial charge < -0.3 is 15.7 Å². The maximum atomic E-state index is 10.1. The highest BCUT2D eigenvalue weighted by Gasteiger charge is 2.10. The minimum absolute atomic E-state index is 0.477. The van der Waals surface area contributed by atoms with E-state index in [-0.39, 0.29) is 0 Å². The molecule has 0 aliphatic heterocycles. The number of anilines is 1. The molecule has 0 aliphatic rings. The van der Waals surface area contributed by atoms with E-state index < -0.39 is 6.10 Å². The molecular formula is C18H26N4O. The maximum absolute atomic E-state index is 10.1. The first-order valence-corrected chi connectivity index (χ1v) is 7.96. The molecule has 0 fully saturated rings. The summed E-state index contributed by atoms with van der Waals surface area (Å²) >= 11 is 0. The van der Waals surface area contributed by atoms with Crippen LogP contribution in [0.3, 0.4) is 0 Å². The lowest BCUT2D eigenvalue weighted by molar-refractivity contribution is 0.175. The van der Waals surface area contributed by atoms with Crippen molar-refractivity contribution in [2.75, 3.05) is 25.0 Å². The first-order chi connectivity index (χ1) is 11.1. The number of aliphatic hydroxyl groups is 1. The molecule has 0 bridgehead atoms. The Morgan fingerprint density at radius 2 is 2.00 bits per heavy atom. The summed E-state index contributed by atoms with van der Waals surface area (Å²) in [7, 11) is 0. The molecule has 5 heteroatoms. The molecule has 5 nitrogen and oxygen atoms in total. The third-order valence-electron chi connectivity index (χ3n) is 3.81. The maximum Gasteiger partial charge on any atom is 0.0914 e. The van der Waals surface area contributed by atoms with Crippen LogP contribution in [0.1, 0.15) is 23.1 Å².